The molecule has 86 valence electrons. The second-order valence-corrected chi connectivity index (χ2v) is 3.31. The molecule has 1 rings (SSSR count). The monoisotopic (exact) mass is 226 g/mol. The maximum absolute atomic E-state index is 10.8. The van der Waals surface area contributed by atoms with Gasteiger partial charge < -0.3 is 20.4 Å². The van der Waals surface area contributed by atoms with Crippen LogP contribution in [0.1, 0.15) is 31.8 Å². The van der Waals surface area contributed by atoms with E-state index in [1.807, 2.05) is 0 Å². The van der Waals surface area contributed by atoms with Crippen LogP contribution in [0.3, 0.4) is 0 Å². The van der Waals surface area contributed by atoms with Gasteiger partial charge in [0.05, 0.1) is 0 Å². The summed E-state index contributed by atoms with van der Waals surface area (Å²) in [6.45, 7) is 2.78. The van der Waals surface area contributed by atoms with Crippen molar-refractivity contribution in [3.05, 3.63) is 22.3 Å². The predicted molar refractivity (Wildman–Crippen MR) is 53.2 cm³/mol. The van der Waals surface area contributed by atoms with Crippen LogP contribution in [-0.2, 0) is 0 Å². The molecule has 1 aromatic rings. The van der Waals surface area contributed by atoms with Gasteiger partial charge in [-0.05, 0) is 25.0 Å². The molecule has 16 heavy (non-hydrogen) atoms. The van der Waals surface area contributed by atoms with Crippen LogP contribution in [0.25, 0.3) is 0 Å². The lowest BCUT2D eigenvalue weighted by atomic mass is 9.96. The van der Waals surface area contributed by atoms with Crippen molar-refractivity contribution in [1.82, 2.24) is 0 Å². The molecular weight excluding hydrogens is 216 g/mol. The SMILES string of the molecule is Cc1c(C)c(O)c(C(=O)O)c(C(=O)O)c1O. The van der Waals surface area contributed by atoms with Crippen LogP contribution in [0.2, 0.25) is 0 Å². The molecule has 4 N–H and O–H groups in total. The van der Waals surface area contributed by atoms with Gasteiger partial charge in [-0.1, -0.05) is 0 Å². The van der Waals surface area contributed by atoms with Gasteiger partial charge in [0.15, 0.2) is 0 Å². The smallest absolute Gasteiger partial charge is 0.340 e. The van der Waals surface area contributed by atoms with Crippen LogP contribution >= 0.6 is 0 Å². The summed E-state index contributed by atoms with van der Waals surface area (Å²) < 4.78 is 0. The number of carbonyl (C=O) groups is 2. The van der Waals surface area contributed by atoms with E-state index in [9.17, 15) is 19.8 Å². The second kappa shape index (κ2) is 3.73. The first-order chi connectivity index (χ1) is 7.29. The molecule has 0 aliphatic rings. The van der Waals surface area contributed by atoms with Gasteiger partial charge in [-0.25, -0.2) is 9.59 Å². The largest absolute Gasteiger partial charge is 0.507 e. The zero-order valence-electron chi connectivity index (χ0n) is 8.61. The van der Waals surface area contributed by atoms with Crippen molar-refractivity contribution in [2.75, 3.05) is 0 Å². The van der Waals surface area contributed by atoms with Crippen molar-refractivity contribution in [3.8, 4) is 11.5 Å². The van der Waals surface area contributed by atoms with E-state index in [2.05, 4.69) is 0 Å². The summed E-state index contributed by atoms with van der Waals surface area (Å²) in [4.78, 5) is 21.7. The number of carboxylic acid groups (broad SMARTS) is 2. The van der Waals surface area contributed by atoms with Crippen molar-refractivity contribution in [1.29, 1.82) is 0 Å². The summed E-state index contributed by atoms with van der Waals surface area (Å²) >= 11 is 0. The molecule has 0 amide bonds. The van der Waals surface area contributed by atoms with Gasteiger partial charge in [0.25, 0.3) is 0 Å². The number of aromatic hydroxyl groups is 2. The Kier molecular flexibility index (Phi) is 2.76. The van der Waals surface area contributed by atoms with Crippen molar-refractivity contribution >= 4 is 11.9 Å². The van der Waals surface area contributed by atoms with E-state index < -0.39 is 34.6 Å². The van der Waals surface area contributed by atoms with Crippen LogP contribution in [0.5, 0.6) is 11.5 Å². The van der Waals surface area contributed by atoms with Crippen molar-refractivity contribution < 1.29 is 30.0 Å². The summed E-state index contributed by atoms with van der Waals surface area (Å²) in [5, 5.41) is 36.7. The molecule has 0 atom stereocenters. The topological polar surface area (TPSA) is 115 Å². The van der Waals surface area contributed by atoms with Crippen LogP contribution in [0.4, 0.5) is 0 Å². The van der Waals surface area contributed by atoms with Crippen molar-refractivity contribution in [2.45, 2.75) is 13.8 Å². The van der Waals surface area contributed by atoms with Crippen molar-refractivity contribution in [2.24, 2.45) is 0 Å². The highest BCUT2D eigenvalue weighted by Crippen LogP contribution is 2.36. The Morgan fingerprint density at radius 1 is 0.812 bits per heavy atom. The quantitative estimate of drug-likeness (QED) is 0.561. The Balaban J connectivity index is 3.83. The zero-order chi connectivity index (χ0) is 12.6. The van der Waals surface area contributed by atoms with Crippen molar-refractivity contribution in [3.63, 3.8) is 0 Å². The number of carboxylic acids is 2. The first-order valence-electron chi connectivity index (χ1n) is 4.30. The van der Waals surface area contributed by atoms with Crippen LogP contribution in [0.15, 0.2) is 0 Å². The summed E-state index contributed by atoms with van der Waals surface area (Å²) in [7, 11) is 0. The minimum absolute atomic E-state index is 0.139. The van der Waals surface area contributed by atoms with E-state index in [4.69, 9.17) is 10.2 Å². The highest BCUT2D eigenvalue weighted by molar-refractivity contribution is 6.06. The minimum Gasteiger partial charge on any atom is -0.507 e. The van der Waals surface area contributed by atoms with Gasteiger partial charge in [0.2, 0.25) is 0 Å². The molecule has 0 saturated heterocycles. The number of hydrogen-bond donors (Lipinski definition) is 4. The molecule has 0 saturated carbocycles. The second-order valence-electron chi connectivity index (χ2n) is 3.31. The molecule has 0 unspecified atom stereocenters. The zero-order valence-corrected chi connectivity index (χ0v) is 8.61. The lowest BCUT2D eigenvalue weighted by molar-refractivity contribution is 0.0645. The summed E-state index contributed by atoms with van der Waals surface area (Å²) in [5.74, 6) is -4.48. The fraction of sp³-hybridized carbons (Fsp3) is 0.200. The standard InChI is InChI=1S/C10H10O6/c1-3-4(2)8(12)6(10(15)16)5(7(3)11)9(13)14/h11-12H,1-2H3,(H,13,14)(H,15,16). The van der Waals surface area contributed by atoms with Gasteiger partial charge in [-0.2, -0.15) is 0 Å². The Bertz CT molecular complexity index is 444. The number of benzene rings is 1. The number of phenols is 2. The molecule has 0 aromatic heterocycles. The average Bonchev–Trinajstić information content (AvgIpc) is 2.18. The molecule has 0 radical (unpaired) electrons. The number of aromatic carboxylic acids is 2. The molecule has 0 aliphatic heterocycles. The van der Waals surface area contributed by atoms with Gasteiger partial charge >= 0.3 is 11.9 Å². The van der Waals surface area contributed by atoms with E-state index >= 15 is 0 Å². The lowest BCUT2D eigenvalue weighted by Gasteiger charge is -2.12. The van der Waals surface area contributed by atoms with E-state index in [0.717, 1.165) is 0 Å². The molecule has 1 aromatic carbocycles. The van der Waals surface area contributed by atoms with Gasteiger partial charge in [0.1, 0.15) is 22.6 Å². The predicted octanol–water partition coefficient (Wildman–Crippen LogP) is 1.11. The highest BCUT2D eigenvalue weighted by Gasteiger charge is 2.28. The first kappa shape index (κ1) is 11.8. The average molecular weight is 226 g/mol. The molecule has 0 spiro atoms. The Morgan fingerprint density at radius 2 is 1.06 bits per heavy atom. The Morgan fingerprint density at radius 3 is 1.25 bits per heavy atom. The Hall–Kier alpha value is -2.24. The first-order valence-corrected chi connectivity index (χ1v) is 4.30. The Labute approximate surface area is 90.4 Å². The molecule has 0 fully saturated rings. The molecule has 0 heterocycles. The third-order valence-electron chi connectivity index (χ3n) is 2.42. The van der Waals surface area contributed by atoms with Crippen LogP contribution in [0, 0.1) is 13.8 Å². The molecular formula is C10H10O6. The van der Waals surface area contributed by atoms with E-state index in [1.165, 1.54) is 13.8 Å². The number of hydrogen-bond acceptors (Lipinski definition) is 4. The molecule has 6 heteroatoms. The third-order valence-corrected chi connectivity index (χ3v) is 2.42. The summed E-state index contributed by atoms with van der Waals surface area (Å²) in [5.41, 5.74) is -1.32. The van der Waals surface area contributed by atoms with E-state index in [1.54, 1.807) is 0 Å². The van der Waals surface area contributed by atoms with Crippen LogP contribution in [-0.4, -0.2) is 32.4 Å². The summed E-state index contributed by atoms with van der Waals surface area (Å²) in [6.07, 6.45) is 0. The normalized spacial score (nSPS) is 10.1. The van der Waals surface area contributed by atoms with Gasteiger partial charge in [-0.3, -0.25) is 0 Å². The molecule has 0 aliphatic carbocycles. The maximum Gasteiger partial charge on any atom is 0.340 e. The van der Waals surface area contributed by atoms with Crippen LogP contribution < -0.4 is 0 Å². The lowest BCUT2D eigenvalue weighted by Crippen LogP contribution is -2.10. The minimum atomic E-state index is -1.60. The fourth-order valence-corrected chi connectivity index (χ4v) is 1.38. The number of rotatable bonds is 2. The van der Waals surface area contributed by atoms with E-state index in [0.29, 0.717) is 0 Å². The highest BCUT2D eigenvalue weighted by atomic mass is 16.4. The third kappa shape index (κ3) is 1.54. The fourth-order valence-electron chi connectivity index (χ4n) is 1.38. The van der Waals surface area contributed by atoms with Gasteiger partial charge in [0, 0.05) is 0 Å². The van der Waals surface area contributed by atoms with Gasteiger partial charge in [-0.15, -0.1) is 0 Å². The molecule has 6 nitrogen and oxygen atoms in total. The van der Waals surface area contributed by atoms with E-state index in [-0.39, 0.29) is 11.1 Å². The maximum atomic E-state index is 10.8. The molecule has 0 bridgehead atoms. The summed E-state index contributed by atoms with van der Waals surface area (Å²) in [6, 6.07) is 0.